The van der Waals surface area contributed by atoms with Gasteiger partial charge >= 0.3 is 6.03 Å². The van der Waals surface area contributed by atoms with Crippen LogP contribution in [0.4, 0.5) is 14.9 Å². The number of carbonyl (C=O) groups is 2. The first-order chi connectivity index (χ1) is 13.9. The topological polar surface area (TPSA) is 61.9 Å². The number of benzene rings is 2. The van der Waals surface area contributed by atoms with Gasteiger partial charge in [-0.1, -0.05) is 17.7 Å². The van der Waals surface area contributed by atoms with E-state index in [0.29, 0.717) is 44.9 Å². The predicted molar refractivity (Wildman–Crippen MR) is 110 cm³/mol. The van der Waals surface area contributed by atoms with E-state index >= 15 is 0 Å². The second kappa shape index (κ2) is 9.41. The van der Waals surface area contributed by atoms with Crippen molar-refractivity contribution in [1.82, 2.24) is 9.80 Å². The maximum Gasteiger partial charge on any atom is 0.321 e. The van der Waals surface area contributed by atoms with Crippen molar-refractivity contribution in [1.29, 1.82) is 0 Å². The molecule has 0 saturated carbocycles. The third-order valence-electron chi connectivity index (χ3n) is 4.92. The van der Waals surface area contributed by atoms with E-state index in [0.717, 1.165) is 11.3 Å². The first kappa shape index (κ1) is 20.6. The molecular weight excluding hydrogens is 373 g/mol. The number of hydrogen-bond acceptors (Lipinski definition) is 3. The number of aryl methyl sites for hydroxylation is 2. The van der Waals surface area contributed by atoms with Gasteiger partial charge in [-0.15, -0.1) is 0 Å². The average Bonchev–Trinajstić information content (AvgIpc) is 2.71. The molecule has 29 heavy (non-hydrogen) atoms. The third kappa shape index (κ3) is 5.70. The fourth-order valence-electron chi connectivity index (χ4n) is 3.26. The molecule has 0 bridgehead atoms. The molecule has 7 heteroatoms. The zero-order valence-electron chi connectivity index (χ0n) is 16.8. The number of piperazine rings is 1. The summed E-state index contributed by atoms with van der Waals surface area (Å²) in [5.74, 6) is 0.468. The lowest BCUT2D eigenvalue weighted by molar-refractivity contribution is -0.133. The number of nitrogens with zero attached hydrogens (tertiary/aromatic N) is 2. The minimum Gasteiger partial charge on any atom is -0.493 e. The first-order valence-corrected chi connectivity index (χ1v) is 9.72. The summed E-state index contributed by atoms with van der Waals surface area (Å²) in [6.45, 7) is 6.22. The average molecular weight is 399 g/mol. The quantitative estimate of drug-likeness (QED) is 0.836. The summed E-state index contributed by atoms with van der Waals surface area (Å²) in [4.78, 5) is 28.1. The second-order valence-electron chi connectivity index (χ2n) is 7.17. The molecule has 1 fully saturated rings. The Balaban J connectivity index is 1.40. The normalized spacial score (nSPS) is 13.9. The Morgan fingerprint density at radius 1 is 1.00 bits per heavy atom. The van der Waals surface area contributed by atoms with Crippen molar-refractivity contribution in [3.63, 3.8) is 0 Å². The maximum absolute atomic E-state index is 12.9. The van der Waals surface area contributed by atoms with Gasteiger partial charge in [0.15, 0.2) is 0 Å². The van der Waals surface area contributed by atoms with Crippen molar-refractivity contribution >= 4 is 17.6 Å². The molecule has 1 aliphatic heterocycles. The number of rotatable bonds is 5. The van der Waals surface area contributed by atoms with Crippen molar-refractivity contribution in [2.24, 2.45) is 0 Å². The number of amides is 3. The van der Waals surface area contributed by atoms with Crippen LogP contribution in [0.5, 0.6) is 5.75 Å². The summed E-state index contributed by atoms with van der Waals surface area (Å²) >= 11 is 0. The van der Waals surface area contributed by atoms with Crippen LogP contribution in [0.3, 0.4) is 0 Å². The van der Waals surface area contributed by atoms with Crippen LogP contribution in [0.1, 0.15) is 17.5 Å². The molecule has 0 aromatic heterocycles. The number of hydrogen-bond donors (Lipinski definition) is 1. The van der Waals surface area contributed by atoms with Crippen LogP contribution in [-0.2, 0) is 4.79 Å². The molecule has 1 saturated heterocycles. The van der Waals surface area contributed by atoms with Gasteiger partial charge in [0.1, 0.15) is 11.6 Å². The number of ether oxygens (including phenoxy) is 1. The SMILES string of the molecule is Cc1ccc(OCCC(=O)N2CCN(C(=O)Nc3ccc(F)cc3)CC2)c(C)c1. The van der Waals surface area contributed by atoms with E-state index in [-0.39, 0.29) is 17.8 Å². The Morgan fingerprint density at radius 2 is 1.66 bits per heavy atom. The summed E-state index contributed by atoms with van der Waals surface area (Å²) in [5.41, 5.74) is 2.77. The molecule has 0 atom stereocenters. The standard InChI is InChI=1S/C22H26FN3O3/c1-16-3-8-20(17(2)15-16)29-14-9-21(27)25-10-12-26(13-11-25)22(28)24-19-6-4-18(23)5-7-19/h3-8,15H,9-14H2,1-2H3,(H,24,28). The van der Waals surface area contributed by atoms with Crippen LogP contribution in [0, 0.1) is 19.7 Å². The lowest BCUT2D eigenvalue weighted by Gasteiger charge is -2.34. The molecule has 0 aliphatic carbocycles. The van der Waals surface area contributed by atoms with Gasteiger partial charge in [-0.25, -0.2) is 9.18 Å². The molecule has 6 nitrogen and oxygen atoms in total. The fraction of sp³-hybridized carbons (Fsp3) is 0.364. The Morgan fingerprint density at radius 3 is 2.31 bits per heavy atom. The molecule has 0 unspecified atom stereocenters. The van der Waals surface area contributed by atoms with Gasteiger partial charge in [0.05, 0.1) is 13.0 Å². The zero-order valence-corrected chi connectivity index (χ0v) is 16.8. The maximum atomic E-state index is 12.9. The summed E-state index contributed by atoms with van der Waals surface area (Å²) in [5, 5.41) is 2.74. The van der Waals surface area contributed by atoms with Crippen LogP contribution in [0.25, 0.3) is 0 Å². The molecule has 154 valence electrons. The van der Waals surface area contributed by atoms with Crippen LogP contribution in [0.15, 0.2) is 42.5 Å². The minimum atomic E-state index is -0.350. The Kier molecular flexibility index (Phi) is 6.69. The Labute approximate surface area is 170 Å². The summed E-state index contributed by atoms with van der Waals surface area (Å²) < 4.78 is 18.7. The summed E-state index contributed by atoms with van der Waals surface area (Å²) in [7, 11) is 0. The largest absolute Gasteiger partial charge is 0.493 e. The van der Waals surface area contributed by atoms with E-state index in [1.54, 1.807) is 9.80 Å². The highest BCUT2D eigenvalue weighted by atomic mass is 19.1. The monoisotopic (exact) mass is 399 g/mol. The summed E-state index contributed by atoms with van der Waals surface area (Å²) in [6.07, 6.45) is 0.301. The van der Waals surface area contributed by atoms with Crippen LogP contribution in [0.2, 0.25) is 0 Å². The molecule has 3 amide bonds. The van der Waals surface area contributed by atoms with Gasteiger partial charge in [-0.05, 0) is 49.7 Å². The molecular formula is C22H26FN3O3. The van der Waals surface area contributed by atoms with Gasteiger partial charge in [0.25, 0.3) is 0 Å². The second-order valence-corrected chi connectivity index (χ2v) is 7.17. The molecule has 0 radical (unpaired) electrons. The minimum absolute atomic E-state index is 0.0216. The zero-order chi connectivity index (χ0) is 20.8. The van der Waals surface area contributed by atoms with E-state index in [4.69, 9.17) is 4.74 Å². The Hall–Kier alpha value is -3.09. The van der Waals surface area contributed by atoms with Crippen LogP contribution < -0.4 is 10.1 Å². The van der Waals surface area contributed by atoms with Crippen LogP contribution >= 0.6 is 0 Å². The molecule has 1 heterocycles. The van der Waals surface area contributed by atoms with Crippen LogP contribution in [-0.4, -0.2) is 54.5 Å². The smallest absolute Gasteiger partial charge is 0.321 e. The molecule has 2 aromatic rings. The molecule has 1 N–H and O–H groups in total. The Bertz CT molecular complexity index is 862. The molecule has 0 spiro atoms. The predicted octanol–water partition coefficient (Wildman–Crippen LogP) is 3.59. The number of anilines is 1. The lowest BCUT2D eigenvalue weighted by atomic mass is 10.1. The number of urea groups is 1. The highest BCUT2D eigenvalue weighted by molar-refractivity contribution is 5.89. The lowest BCUT2D eigenvalue weighted by Crippen LogP contribution is -2.51. The van der Waals surface area contributed by atoms with E-state index < -0.39 is 0 Å². The van der Waals surface area contributed by atoms with Crippen molar-refractivity contribution in [3.05, 3.63) is 59.4 Å². The molecule has 2 aromatic carbocycles. The van der Waals surface area contributed by atoms with Crippen molar-refractivity contribution < 1.29 is 18.7 Å². The van der Waals surface area contributed by atoms with Crippen molar-refractivity contribution in [3.8, 4) is 5.75 Å². The molecule has 3 rings (SSSR count). The fourth-order valence-corrected chi connectivity index (χ4v) is 3.26. The van der Waals surface area contributed by atoms with E-state index in [1.807, 2.05) is 32.0 Å². The highest BCUT2D eigenvalue weighted by Gasteiger charge is 2.24. The van der Waals surface area contributed by atoms with Gasteiger partial charge < -0.3 is 19.9 Å². The van der Waals surface area contributed by atoms with Gasteiger partial charge in [0, 0.05) is 31.9 Å². The molecule has 1 aliphatic rings. The first-order valence-electron chi connectivity index (χ1n) is 9.72. The number of carbonyl (C=O) groups excluding carboxylic acids is 2. The van der Waals surface area contributed by atoms with Crippen molar-refractivity contribution in [2.75, 3.05) is 38.1 Å². The van der Waals surface area contributed by atoms with Crippen molar-refractivity contribution in [2.45, 2.75) is 20.3 Å². The summed E-state index contributed by atoms with van der Waals surface area (Å²) in [6, 6.07) is 11.3. The van der Waals surface area contributed by atoms with E-state index in [9.17, 15) is 14.0 Å². The van der Waals surface area contributed by atoms with E-state index in [2.05, 4.69) is 5.32 Å². The third-order valence-corrected chi connectivity index (χ3v) is 4.92. The number of halogens is 1. The van der Waals surface area contributed by atoms with Gasteiger partial charge in [-0.2, -0.15) is 0 Å². The van der Waals surface area contributed by atoms with Gasteiger partial charge in [-0.3, -0.25) is 4.79 Å². The highest BCUT2D eigenvalue weighted by Crippen LogP contribution is 2.19. The van der Waals surface area contributed by atoms with Gasteiger partial charge in [0.2, 0.25) is 5.91 Å². The number of nitrogens with one attached hydrogen (secondary N) is 1. The van der Waals surface area contributed by atoms with E-state index in [1.165, 1.54) is 29.8 Å².